The number of aromatic nitrogens is 1. The number of primary amides is 1. The van der Waals surface area contributed by atoms with E-state index in [0.29, 0.717) is 4.91 Å². The number of β-lactam (4-membered cyclic amide) rings is 1. The molecule has 0 spiro atoms. The van der Waals surface area contributed by atoms with E-state index in [0.717, 1.165) is 31.1 Å². The van der Waals surface area contributed by atoms with E-state index in [1.165, 1.54) is 28.0 Å². The van der Waals surface area contributed by atoms with Crippen molar-refractivity contribution in [1.82, 2.24) is 9.88 Å². The van der Waals surface area contributed by atoms with Crippen LogP contribution in [0.3, 0.4) is 0 Å². The van der Waals surface area contributed by atoms with Gasteiger partial charge in [0.1, 0.15) is 5.69 Å². The molecule has 2 fully saturated rings. The highest BCUT2D eigenvalue weighted by Crippen LogP contribution is 2.51. The van der Waals surface area contributed by atoms with E-state index >= 15 is 0 Å². The van der Waals surface area contributed by atoms with E-state index < -0.39 is 23.9 Å². The van der Waals surface area contributed by atoms with Gasteiger partial charge in [-0.05, 0) is 19.8 Å². The Morgan fingerprint density at radius 2 is 2.07 bits per heavy atom. The smallest absolute Gasteiger partial charge is 0.268 e. The number of carboxylic acids is 1. The lowest BCUT2D eigenvalue weighted by Gasteiger charge is -2.47. The van der Waals surface area contributed by atoms with Crippen LogP contribution in [0.25, 0.3) is 0 Å². The number of nitrogens with two attached hydrogens (primary N) is 1. The summed E-state index contributed by atoms with van der Waals surface area (Å²) in [4.78, 5) is 43.8. The Bertz CT molecular complexity index is 922. The van der Waals surface area contributed by atoms with Gasteiger partial charge in [-0.2, -0.15) is 0 Å². The summed E-state index contributed by atoms with van der Waals surface area (Å²) in [5.41, 5.74) is 5.49. The molecule has 1 aromatic rings. The number of thiazole rings is 1. The number of rotatable bonds is 6. The third kappa shape index (κ3) is 3.38. The number of fused-ring (bicyclic) bond motifs is 1. The maximum atomic E-state index is 12.4. The first kappa shape index (κ1) is 21.1. The largest absolute Gasteiger partial charge is 0.543 e. The van der Waals surface area contributed by atoms with Crippen LogP contribution in [0.2, 0.25) is 0 Å². The standard InChI is InChI=1S/C19H24N4O5S2/c1-8-13-12(9(2)24)17(26)23(13)14(18(27)28)15(8)30-10-3-5-22(6-4-10)19-21-11(7-29-19)16(20)25/h7-10,12-13,24H,3-6H2,1-2H3,(H2,20,25)(H,27,28)/p-1/t8-,9-,12-,13-/m1/s1. The van der Waals surface area contributed by atoms with E-state index in [4.69, 9.17) is 5.73 Å². The van der Waals surface area contributed by atoms with Crippen LogP contribution >= 0.6 is 23.1 Å². The molecule has 0 aromatic carbocycles. The molecule has 0 unspecified atom stereocenters. The molecule has 0 aliphatic carbocycles. The number of aliphatic hydroxyl groups excluding tert-OH is 1. The summed E-state index contributed by atoms with van der Waals surface area (Å²) in [7, 11) is 0. The molecule has 2 saturated heterocycles. The predicted molar refractivity (Wildman–Crippen MR) is 110 cm³/mol. The van der Waals surface area contributed by atoms with Crippen molar-refractivity contribution in [2.75, 3.05) is 18.0 Å². The van der Waals surface area contributed by atoms with Crippen molar-refractivity contribution in [3.8, 4) is 0 Å². The Balaban J connectivity index is 1.45. The number of aliphatic hydroxyl groups is 1. The van der Waals surface area contributed by atoms with Crippen molar-refractivity contribution in [3.05, 3.63) is 21.7 Å². The van der Waals surface area contributed by atoms with Crippen molar-refractivity contribution >= 4 is 46.0 Å². The number of amides is 2. The molecule has 30 heavy (non-hydrogen) atoms. The first-order valence-electron chi connectivity index (χ1n) is 9.84. The second kappa shape index (κ2) is 7.86. The third-order valence-corrected chi connectivity index (χ3v) is 8.58. The van der Waals surface area contributed by atoms with Crippen LogP contribution in [-0.2, 0) is 9.59 Å². The van der Waals surface area contributed by atoms with Gasteiger partial charge < -0.3 is 30.5 Å². The normalized spacial score (nSPS) is 27.8. The van der Waals surface area contributed by atoms with Crippen LogP contribution in [0.1, 0.15) is 37.2 Å². The fourth-order valence-corrected chi connectivity index (χ4v) is 6.86. The van der Waals surface area contributed by atoms with E-state index in [1.54, 1.807) is 12.3 Å². The fourth-order valence-electron chi connectivity index (χ4n) is 4.54. The van der Waals surface area contributed by atoms with E-state index in [9.17, 15) is 24.6 Å². The highest BCUT2D eigenvalue weighted by atomic mass is 32.2. The van der Waals surface area contributed by atoms with Crippen LogP contribution in [0.5, 0.6) is 0 Å². The van der Waals surface area contributed by atoms with Gasteiger partial charge in [0.25, 0.3) is 5.91 Å². The van der Waals surface area contributed by atoms with E-state index in [1.807, 2.05) is 6.92 Å². The minimum atomic E-state index is -1.34. The Kier molecular flexibility index (Phi) is 5.54. The van der Waals surface area contributed by atoms with E-state index in [-0.39, 0.29) is 34.5 Å². The lowest BCUT2D eigenvalue weighted by molar-refractivity contribution is -0.301. The number of aliphatic carboxylic acids is 1. The van der Waals surface area contributed by atoms with Gasteiger partial charge in [-0.25, -0.2) is 4.98 Å². The summed E-state index contributed by atoms with van der Waals surface area (Å²) < 4.78 is 0. The van der Waals surface area contributed by atoms with Crippen LogP contribution in [-0.4, -0.2) is 63.3 Å². The van der Waals surface area contributed by atoms with Gasteiger partial charge in [-0.15, -0.1) is 23.1 Å². The number of piperidine rings is 1. The molecule has 4 atom stereocenters. The lowest BCUT2D eigenvalue weighted by Crippen LogP contribution is -2.64. The maximum Gasteiger partial charge on any atom is 0.268 e. The summed E-state index contributed by atoms with van der Waals surface area (Å²) in [5.74, 6) is -2.97. The predicted octanol–water partition coefficient (Wildman–Crippen LogP) is -0.237. The van der Waals surface area contributed by atoms with Gasteiger partial charge >= 0.3 is 0 Å². The van der Waals surface area contributed by atoms with E-state index in [2.05, 4.69) is 9.88 Å². The number of thioether (sulfide) groups is 1. The minimum absolute atomic E-state index is 0.0344. The molecular weight excluding hydrogens is 428 g/mol. The summed E-state index contributed by atoms with van der Waals surface area (Å²) >= 11 is 2.89. The number of carbonyl (C=O) groups is 3. The first-order valence-corrected chi connectivity index (χ1v) is 11.6. The molecule has 1 aromatic heterocycles. The topological polar surface area (TPSA) is 140 Å². The molecule has 0 saturated carbocycles. The quantitative estimate of drug-likeness (QED) is 0.565. The Morgan fingerprint density at radius 1 is 1.40 bits per heavy atom. The molecular formula is C19H23N4O5S2-. The second-order valence-electron chi connectivity index (χ2n) is 7.94. The Morgan fingerprint density at radius 3 is 2.60 bits per heavy atom. The molecule has 0 radical (unpaired) electrons. The molecule has 3 N–H and O–H groups in total. The number of hydrogen-bond acceptors (Lipinski definition) is 9. The molecule has 4 heterocycles. The van der Waals surface area contributed by atoms with Crippen molar-refractivity contribution in [3.63, 3.8) is 0 Å². The van der Waals surface area contributed by atoms with Crippen molar-refractivity contribution in [2.45, 2.75) is 44.1 Å². The molecule has 3 aliphatic rings. The molecule has 162 valence electrons. The number of anilines is 1. The molecule has 4 rings (SSSR count). The van der Waals surface area contributed by atoms with Crippen LogP contribution in [0.4, 0.5) is 5.13 Å². The average Bonchev–Trinajstić information content (AvgIpc) is 3.26. The van der Waals surface area contributed by atoms with Gasteiger partial charge in [0.05, 0.1) is 29.7 Å². The number of carbonyl (C=O) groups excluding carboxylic acids is 3. The highest BCUT2D eigenvalue weighted by molar-refractivity contribution is 8.03. The average molecular weight is 452 g/mol. The third-order valence-electron chi connectivity index (χ3n) is 6.05. The van der Waals surface area contributed by atoms with Gasteiger partial charge in [-0.1, -0.05) is 6.92 Å². The van der Waals surface area contributed by atoms with Gasteiger partial charge in [0.2, 0.25) is 5.91 Å². The maximum absolute atomic E-state index is 12.4. The summed E-state index contributed by atoms with van der Waals surface area (Å²) in [6.45, 7) is 4.93. The SMILES string of the molecule is C[C@@H](O)[C@H]1C(=O)N2C(C(=O)[O-])=C(SC3CCN(c4nc(C(N)=O)cs4)CC3)[C@H](C)[C@H]12. The van der Waals surface area contributed by atoms with Crippen molar-refractivity contribution in [1.29, 1.82) is 0 Å². The van der Waals surface area contributed by atoms with Crippen LogP contribution in [0, 0.1) is 11.8 Å². The molecule has 2 amide bonds. The van der Waals surface area contributed by atoms with Crippen LogP contribution < -0.4 is 15.7 Å². The Hall–Kier alpha value is -2.11. The van der Waals surface area contributed by atoms with Crippen LogP contribution in [0.15, 0.2) is 16.0 Å². The Labute approximate surface area is 181 Å². The molecule has 11 heteroatoms. The second-order valence-corrected chi connectivity index (χ2v) is 10.1. The molecule has 9 nitrogen and oxygen atoms in total. The fraction of sp³-hybridized carbons (Fsp3) is 0.579. The summed E-state index contributed by atoms with van der Waals surface area (Å²) in [6, 6.07) is -0.324. The molecule has 0 bridgehead atoms. The number of hydrogen-bond donors (Lipinski definition) is 2. The van der Waals surface area contributed by atoms with Gasteiger partial charge in [0.15, 0.2) is 5.13 Å². The summed E-state index contributed by atoms with van der Waals surface area (Å²) in [6.07, 6.45) is 0.802. The van der Waals surface area contributed by atoms with Crippen molar-refractivity contribution in [2.24, 2.45) is 17.6 Å². The summed E-state index contributed by atoms with van der Waals surface area (Å²) in [5, 5.41) is 24.4. The zero-order chi connectivity index (χ0) is 21.7. The lowest BCUT2D eigenvalue weighted by atomic mass is 9.79. The zero-order valence-electron chi connectivity index (χ0n) is 16.6. The van der Waals surface area contributed by atoms with Gasteiger partial charge in [0, 0.05) is 34.5 Å². The minimum Gasteiger partial charge on any atom is -0.543 e. The number of nitrogens with zero attached hydrogens (tertiary/aromatic N) is 3. The number of carboxylic acid groups (broad SMARTS) is 1. The highest BCUT2D eigenvalue weighted by Gasteiger charge is 2.58. The molecule has 3 aliphatic heterocycles. The zero-order valence-corrected chi connectivity index (χ0v) is 18.2. The van der Waals surface area contributed by atoms with Gasteiger partial charge in [-0.3, -0.25) is 9.59 Å². The first-order chi connectivity index (χ1) is 14.2. The van der Waals surface area contributed by atoms with Crippen molar-refractivity contribution < 1.29 is 24.6 Å². The monoisotopic (exact) mass is 451 g/mol.